The van der Waals surface area contributed by atoms with Gasteiger partial charge >= 0.3 is 18.2 Å². The first-order chi connectivity index (χ1) is 21.9. The molecule has 1 saturated carbocycles. The van der Waals surface area contributed by atoms with Crippen molar-refractivity contribution < 1.29 is 42.2 Å². The molecule has 4 N–H and O–H groups in total. The Morgan fingerprint density at radius 2 is 1.67 bits per heavy atom. The second-order valence-electron chi connectivity index (χ2n) is 11.0. The quantitative estimate of drug-likeness (QED) is 0.145. The molecule has 0 spiro atoms. The number of thiazole rings is 1. The highest BCUT2D eigenvalue weighted by Crippen LogP contribution is 2.37. The highest BCUT2D eigenvalue weighted by molar-refractivity contribution is 7.22. The summed E-state index contributed by atoms with van der Waals surface area (Å²) < 4.78 is 54.1. The Kier molecular flexibility index (Phi) is 9.87. The van der Waals surface area contributed by atoms with Gasteiger partial charge in [0.1, 0.15) is 5.52 Å². The Hall–Kier alpha value is -4.56. The van der Waals surface area contributed by atoms with Gasteiger partial charge in [0.15, 0.2) is 17.1 Å². The van der Waals surface area contributed by atoms with Crippen molar-refractivity contribution in [3.63, 3.8) is 0 Å². The Balaban J connectivity index is 1.38. The van der Waals surface area contributed by atoms with E-state index in [0.717, 1.165) is 37.3 Å². The summed E-state index contributed by atoms with van der Waals surface area (Å²) in [6, 6.07) is 14.2. The largest absolute Gasteiger partial charge is 0.479 e. The maximum atomic E-state index is 14.5. The minimum absolute atomic E-state index is 0.0196. The number of halogens is 4. The molecule has 3 aromatic carbocycles. The lowest BCUT2D eigenvalue weighted by Gasteiger charge is -2.25. The number of urea groups is 1. The van der Waals surface area contributed by atoms with Crippen molar-refractivity contribution in [2.75, 3.05) is 16.8 Å². The lowest BCUT2D eigenvalue weighted by Crippen LogP contribution is -2.36. The predicted molar refractivity (Wildman–Crippen MR) is 164 cm³/mol. The molecule has 0 aliphatic heterocycles. The first kappa shape index (κ1) is 32.8. The third kappa shape index (κ3) is 7.80. The number of hydrogen-bond acceptors (Lipinski definition) is 6. The number of carboxylic acids is 1. The number of carbonyl (C=O) groups excluding carboxylic acids is 2. The van der Waals surface area contributed by atoms with Crippen LogP contribution in [0.1, 0.15) is 65.1 Å². The molecule has 3 amide bonds. The Labute approximate surface area is 264 Å². The normalized spacial score (nSPS) is 14.5. The van der Waals surface area contributed by atoms with Gasteiger partial charge in [0, 0.05) is 11.3 Å². The highest BCUT2D eigenvalue weighted by atomic mass is 32.1. The molecule has 242 valence electrons. The van der Waals surface area contributed by atoms with E-state index in [2.05, 4.69) is 15.6 Å². The first-order valence-corrected chi connectivity index (χ1v) is 15.3. The van der Waals surface area contributed by atoms with E-state index in [1.165, 1.54) is 23.5 Å². The van der Waals surface area contributed by atoms with Crippen LogP contribution in [0.4, 0.5) is 33.2 Å². The van der Waals surface area contributed by atoms with Crippen molar-refractivity contribution >= 4 is 50.3 Å². The zero-order valence-corrected chi connectivity index (χ0v) is 25.1. The fraction of sp³-hybridized carbons (Fsp3) is 0.312. The smallest absolute Gasteiger partial charge is 0.416 e. The van der Waals surface area contributed by atoms with Crippen LogP contribution in [0.25, 0.3) is 10.2 Å². The van der Waals surface area contributed by atoms with E-state index in [1.807, 2.05) is 24.3 Å². The molecule has 1 aliphatic rings. The fourth-order valence-corrected chi connectivity index (χ4v) is 6.24. The molecule has 4 aromatic rings. The van der Waals surface area contributed by atoms with Gasteiger partial charge in [-0.05, 0) is 66.3 Å². The molecule has 0 saturated heterocycles. The van der Waals surface area contributed by atoms with Gasteiger partial charge in [0.25, 0.3) is 5.91 Å². The van der Waals surface area contributed by atoms with E-state index in [4.69, 9.17) is 5.11 Å². The van der Waals surface area contributed by atoms with E-state index >= 15 is 0 Å². The summed E-state index contributed by atoms with van der Waals surface area (Å²) in [7, 11) is 0. The molecular formula is C32H30F4N4O5S. The van der Waals surface area contributed by atoms with Gasteiger partial charge in [-0.1, -0.05) is 54.9 Å². The molecule has 1 aromatic heterocycles. The second kappa shape index (κ2) is 13.8. The van der Waals surface area contributed by atoms with Crippen LogP contribution in [0.5, 0.6) is 0 Å². The molecule has 14 heteroatoms. The lowest BCUT2D eigenvalue weighted by molar-refractivity contribution is -0.146. The number of rotatable bonds is 9. The number of amides is 3. The third-order valence-corrected chi connectivity index (χ3v) is 8.73. The van der Waals surface area contributed by atoms with E-state index in [1.54, 1.807) is 12.1 Å². The monoisotopic (exact) mass is 658 g/mol. The number of nitrogens with one attached hydrogen (secondary N) is 2. The summed E-state index contributed by atoms with van der Waals surface area (Å²) in [6.45, 7) is -0.459. The van der Waals surface area contributed by atoms with Crippen molar-refractivity contribution in [2.24, 2.45) is 0 Å². The molecule has 1 fully saturated rings. The summed E-state index contributed by atoms with van der Waals surface area (Å²) in [4.78, 5) is 42.2. The van der Waals surface area contributed by atoms with Crippen molar-refractivity contribution in [1.82, 2.24) is 10.3 Å². The van der Waals surface area contributed by atoms with Crippen LogP contribution in [-0.4, -0.2) is 45.8 Å². The van der Waals surface area contributed by atoms with Crippen molar-refractivity contribution in [3.05, 3.63) is 88.7 Å². The molecule has 0 bridgehead atoms. The second-order valence-corrected chi connectivity index (χ2v) is 12.1. The van der Waals surface area contributed by atoms with Crippen LogP contribution >= 0.6 is 11.3 Å². The molecule has 1 atom stereocenters. The number of alkyl halides is 3. The average molecular weight is 659 g/mol. The topological polar surface area (TPSA) is 132 Å². The number of fused-ring (bicyclic) bond motifs is 1. The summed E-state index contributed by atoms with van der Waals surface area (Å²) >= 11 is 0.715. The van der Waals surface area contributed by atoms with Crippen LogP contribution < -0.4 is 15.5 Å². The molecular weight excluding hydrogens is 628 g/mol. The first-order valence-electron chi connectivity index (χ1n) is 14.5. The fourth-order valence-electron chi connectivity index (χ4n) is 5.33. The van der Waals surface area contributed by atoms with Gasteiger partial charge in [-0.25, -0.2) is 19.0 Å². The van der Waals surface area contributed by atoms with Crippen molar-refractivity contribution in [3.8, 4) is 0 Å². The number of carboxylic acid groups (broad SMARTS) is 1. The van der Waals surface area contributed by atoms with Gasteiger partial charge in [0.05, 0.1) is 23.4 Å². The van der Waals surface area contributed by atoms with Crippen molar-refractivity contribution in [1.29, 1.82) is 0 Å². The molecule has 46 heavy (non-hydrogen) atoms. The van der Waals surface area contributed by atoms with Crippen molar-refractivity contribution in [2.45, 2.75) is 56.8 Å². The van der Waals surface area contributed by atoms with Gasteiger partial charge in [0.2, 0.25) is 0 Å². The Morgan fingerprint density at radius 1 is 1.00 bits per heavy atom. The van der Waals surface area contributed by atoms with Crippen LogP contribution in [-0.2, 0) is 17.5 Å². The standard InChI is InChI=1S/C32H30F4N4O5S/c33-24-14-22(32(34,35)36)15-26-27(24)38-30(46-26)39-31(45)40(23-12-10-20(11-13-23)19-4-2-1-3-5-19)17-18-6-8-21(9-7-18)28(42)37-16-25(41)29(43)44/h6-15,19,25,41H,1-5,16-17H2,(H,37,42)(H,43,44)(H,38,39,45)/t25-/m1/s1. The number of aliphatic carboxylic acids is 1. The zero-order valence-electron chi connectivity index (χ0n) is 24.3. The van der Waals surface area contributed by atoms with E-state index < -0.39 is 48.1 Å². The van der Waals surface area contributed by atoms with Gasteiger partial charge in [-0.3, -0.25) is 15.0 Å². The predicted octanol–water partition coefficient (Wildman–Crippen LogP) is 6.92. The van der Waals surface area contributed by atoms with E-state index in [0.29, 0.717) is 34.6 Å². The lowest BCUT2D eigenvalue weighted by atomic mass is 9.84. The molecule has 0 radical (unpaired) electrons. The minimum Gasteiger partial charge on any atom is -0.479 e. The number of benzene rings is 3. The van der Waals surface area contributed by atoms with Gasteiger partial charge < -0.3 is 15.5 Å². The number of carbonyl (C=O) groups is 3. The summed E-state index contributed by atoms with van der Waals surface area (Å²) in [5, 5.41) is 23.0. The summed E-state index contributed by atoms with van der Waals surface area (Å²) in [5.74, 6) is -2.79. The van der Waals surface area contributed by atoms with Crippen LogP contribution in [0, 0.1) is 5.82 Å². The number of aromatic nitrogens is 1. The molecule has 1 heterocycles. The number of anilines is 2. The number of aliphatic hydroxyl groups excluding tert-OH is 1. The van der Waals surface area contributed by atoms with Crippen LogP contribution in [0.15, 0.2) is 60.7 Å². The maximum Gasteiger partial charge on any atom is 0.416 e. The molecule has 0 unspecified atom stereocenters. The Bertz CT molecular complexity index is 1720. The SMILES string of the molecule is O=C(NC[C@@H](O)C(=O)O)c1ccc(CN(C(=O)Nc2nc3c(F)cc(C(F)(F)F)cc3s2)c2ccc(C3CCCCC3)cc2)cc1. The van der Waals surface area contributed by atoms with Gasteiger partial charge in [-0.2, -0.15) is 13.2 Å². The van der Waals surface area contributed by atoms with Crippen LogP contribution in [0.3, 0.4) is 0 Å². The minimum atomic E-state index is -4.75. The van der Waals surface area contributed by atoms with E-state index in [-0.39, 0.29) is 27.5 Å². The zero-order chi connectivity index (χ0) is 33.0. The number of hydrogen-bond donors (Lipinski definition) is 4. The maximum absolute atomic E-state index is 14.5. The summed E-state index contributed by atoms with van der Waals surface area (Å²) in [6.07, 6.45) is -0.811. The summed E-state index contributed by atoms with van der Waals surface area (Å²) in [5.41, 5.74) is 1.04. The average Bonchev–Trinajstić information content (AvgIpc) is 3.45. The number of nitrogens with zero attached hydrogens (tertiary/aromatic N) is 2. The highest BCUT2D eigenvalue weighted by Gasteiger charge is 2.32. The molecule has 5 rings (SSSR count). The van der Waals surface area contributed by atoms with E-state index in [9.17, 15) is 37.1 Å². The van der Waals surface area contributed by atoms with Crippen LogP contribution in [0.2, 0.25) is 0 Å². The third-order valence-electron chi connectivity index (χ3n) is 7.81. The molecule has 9 nitrogen and oxygen atoms in total. The van der Waals surface area contributed by atoms with Gasteiger partial charge in [-0.15, -0.1) is 0 Å². The Morgan fingerprint density at radius 3 is 2.30 bits per heavy atom. The number of aliphatic hydroxyl groups is 1. The molecule has 1 aliphatic carbocycles.